The number of halogens is 2. The monoisotopic (exact) mass is 248 g/mol. The number of carbonyl (C=O) groups is 1. The zero-order valence-electron chi connectivity index (χ0n) is 6.81. The molecule has 0 amide bonds. The van der Waals surface area contributed by atoms with E-state index in [9.17, 15) is 4.79 Å². The summed E-state index contributed by atoms with van der Waals surface area (Å²) in [4.78, 5) is 10.8. The van der Waals surface area contributed by atoms with Crippen molar-refractivity contribution in [2.75, 3.05) is 0 Å². The van der Waals surface area contributed by atoms with Crippen molar-refractivity contribution in [3.8, 4) is 0 Å². The highest BCUT2D eigenvalue weighted by molar-refractivity contribution is 9.10. The Morgan fingerprint density at radius 2 is 2.33 bits per heavy atom. The first-order chi connectivity index (χ1) is 5.51. The second kappa shape index (κ2) is 3.75. The first kappa shape index (κ1) is 10.0. The van der Waals surface area contributed by atoms with Gasteiger partial charge in [0.2, 0.25) is 0 Å². The Bertz CT molecular complexity index is 253. The van der Waals surface area contributed by atoms with Crippen LogP contribution in [-0.4, -0.2) is 9.57 Å². The molecule has 3 heteroatoms. The van der Waals surface area contributed by atoms with Gasteiger partial charge in [0.05, 0.1) is 0 Å². The van der Waals surface area contributed by atoms with E-state index in [0.717, 1.165) is 12.8 Å². The van der Waals surface area contributed by atoms with Gasteiger partial charge in [0.1, 0.15) is 0 Å². The standard InChI is InChI=1S/C9H10BrClO/c1-9(10)5-2-3-7(4-6-9)8(11)12/h2-4H,5-6H2,1H3. The molecule has 0 bridgehead atoms. The molecule has 1 aliphatic rings. The number of rotatable bonds is 1. The van der Waals surface area contributed by atoms with Crippen molar-refractivity contribution in [1.29, 1.82) is 0 Å². The van der Waals surface area contributed by atoms with Crippen molar-refractivity contribution in [2.45, 2.75) is 24.1 Å². The molecule has 1 nitrogen and oxygen atoms in total. The molecule has 12 heavy (non-hydrogen) atoms. The first-order valence-corrected chi connectivity index (χ1v) is 4.94. The van der Waals surface area contributed by atoms with Gasteiger partial charge in [0.25, 0.3) is 5.24 Å². The molecule has 0 aromatic carbocycles. The van der Waals surface area contributed by atoms with Crippen LogP contribution in [0.2, 0.25) is 0 Å². The molecule has 0 radical (unpaired) electrons. The van der Waals surface area contributed by atoms with Crippen LogP contribution in [0.3, 0.4) is 0 Å². The molecule has 1 atom stereocenters. The summed E-state index contributed by atoms with van der Waals surface area (Å²) < 4.78 is 0.0671. The van der Waals surface area contributed by atoms with Crippen LogP contribution in [0.1, 0.15) is 19.8 Å². The van der Waals surface area contributed by atoms with Gasteiger partial charge in [-0.25, -0.2) is 0 Å². The zero-order chi connectivity index (χ0) is 9.19. The van der Waals surface area contributed by atoms with E-state index in [2.05, 4.69) is 22.9 Å². The minimum absolute atomic E-state index is 0.0671. The van der Waals surface area contributed by atoms with Crippen LogP contribution in [0.5, 0.6) is 0 Å². The Kier molecular flexibility index (Phi) is 3.13. The molecule has 1 unspecified atom stereocenters. The summed E-state index contributed by atoms with van der Waals surface area (Å²) >= 11 is 8.92. The molecule has 0 heterocycles. The fourth-order valence-corrected chi connectivity index (χ4v) is 1.54. The maximum absolute atomic E-state index is 10.8. The molecule has 0 N–H and O–H groups in total. The minimum atomic E-state index is -0.378. The van der Waals surface area contributed by atoms with E-state index in [4.69, 9.17) is 11.6 Å². The topological polar surface area (TPSA) is 17.1 Å². The number of allylic oxidation sites excluding steroid dienone is 4. The Labute approximate surface area is 85.6 Å². The summed E-state index contributed by atoms with van der Waals surface area (Å²) in [5, 5.41) is -0.378. The van der Waals surface area contributed by atoms with Gasteiger partial charge < -0.3 is 0 Å². The third kappa shape index (κ3) is 2.76. The SMILES string of the molecule is CC1(Br)CC=CC(C(=O)Cl)=CC1. The maximum atomic E-state index is 10.8. The number of hydrogen-bond donors (Lipinski definition) is 0. The molecule has 0 aromatic rings. The van der Waals surface area contributed by atoms with Crippen molar-refractivity contribution in [1.82, 2.24) is 0 Å². The van der Waals surface area contributed by atoms with E-state index in [-0.39, 0.29) is 9.57 Å². The third-order valence-corrected chi connectivity index (χ3v) is 2.68. The van der Waals surface area contributed by atoms with Gasteiger partial charge in [-0.3, -0.25) is 4.79 Å². The van der Waals surface area contributed by atoms with E-state index < -0.39 is 0 Å². The lowest BCUT2D eigenvalue weighted by atomic mass is 10.1. The number of alkyl halides is 1. The summed E-state index contributed by atoms with van der Waals surface area (Å²) in [6.45, 7) is 2.09. The van der Waals surface area contributed by atoms with Crippen LogP contribution < -0.4 is 0 Å². The van der Waals surface area contributed by atoms with E-state index in [1.54, 1.807) is 6.08 Å². The highest BCUT2D eigenvalue weighted by Crippen LogP contribution is 2.30. The molecule has 0 aromatic heterocycles. The molecule has 66 valence electrons. The van der Waals surface area contributed by atoms with Gasteiger partial charge in [-0.05, 0) is 31.4 Å². The highest BCUT2D eigenvalue weighted by Gasteiger charge is 2.19. The van der Waals surface area contributed by atoms with Crippen LogP contribution >= 0.6 is 27.5 Å². The minimum Gasteiger partial charge on any atom is -0.276 e. The zero-order valence-corrected chi connectivity index (χ0v) is 9.15. The average molecular weight is 250 g/mol. The smallest absolute Gasteiger partial charge is 0.252 e. The van der Waals surface area contributed by atoms with E-state index in [1.807, 2.05) is 12.2 Å². The molecule has 0 saturated carbocycles. The normalized spacial score (nSPS) is 29.4. The van der Waals surface area contributed by atoms with Gasteiger partial charge in [-0.1, -0.05) is 34.2 Å². The van der Waals surface area contributed by atoms with Gasteiger partial charge in [-0.2, -0.15) is 0 Å². The van der Waals surface area contributed by atoms with E-state index in [1.165, 1.54) is 0 Å². The van der Waals surface area contributed by atoms with Crippen LogP contribution in [0.15, 0.2) is 23.8 Å². The van der Waals surface area contributed by atoms with E-state index in [0.29, 0.717) is 5.57 Å². The lowest BCUT2D eigenvalue weighted by Crippen LogP contribution is -2.11. The molecular formula is C9H10BrClO. The highest BCUT2D eigenvalue weighted by atomic mass is 79.9. The second-order valence-electron chi connectivity index (χ2n) is 3.16. The summed E-state index contributed by atoms with van der Waals surface area (Å²) in [6.07, 6.45) is 7.36. The van der Waals surface area contributed by atoms with Gasteiger partial charge in [0.15, 0.2) is 0 Å². The summed E-state index contributed by atoms with van der Waals surface area (Å²) in [5.41, 5.74) is 0.597. The van der Waals surface area contributed by atoms with Crippen molar-refractivity contribution in [3.05, 3.63) is 23.8 Å². The Hall–Kier alpha value is -0.0800. The third-order valence-electron chi connectivity index (χ3n) is 1.82. The molecule has 0 saturated heterocycles. The Morgan fingerprint density at radius 3 is 2.92 bits per heavy atom. The molecule has 0 aliphatic heterocycles. The number of carbonyl (C=O) groups excluding carboxylic acids is 1. The van der Waals surface area contributed by atoms with E-state index >= 15 is 0 Å². The van der Waals surface area contributed by atoms with Crippen LogP contribution in [0, 0.1) is 0 Å². The summed E-state index contributed by atoms with van der Waals surface area (Å²) in [7, 11) is 0. The lowest BCUT2D eigenvalue weighted by molar-refractivity contribution is -0.108. The Morgan fingerprint density at radius 1 is 1.67 bits per heavy atom. The quantitative estimate of drug-likeness (QED) is 0.515. The van der Waals surface area contributed by atoms with Crippen molar-refractivity contribution < 1.29 is 4.79 Å². The average Bonchev–Trinajstić information content (AvgIpc) is 2.10. The largest absolute Gasteiger partial charge is 0.276 e. The first-order valence-electron chi connectivity index (χ1n) is 3.77. The van der Waals surface area contributed by atoms with Crippen molar-refractivity contribution >= 4 is 32.8 Å². The van der Waals surface area contributed by atoms with Crippen molar-refractivity contribution in [2.24, 2.45) is 0 Å². The molecule has 1 rings (SSSR count). The fourth-order valence-electron chi connectivity index (χ4n) is 1.05. The molecular weight excluding hydrogens is 239 g/mol. The summed E-state index contributed by atoms with van der Waals surface area (Å²) in [6, 6.07) is 0. The molecule has 0 spiro atoms. The predicted molar refractivity (Wildman–Crippen MR) is 54.6 cm³/mol. The second-order valence-corrected chi connectivity index (χ2v) is 5.41. The maximum Gasteiger partial charge on any atom is 0.252 e. The lowest BCUT2D eigenvalue weighted by Gasteiger charge is -2.16. The van der Waals surface area contributed by atoms with Crippen molar-refractivity contribution in [3.63, 3.8) is 0 Å². The van der Waals surface area contributed by atoms with Gasteiger partial charge in [-0.15, -0.1) is 0 Å². The van der Waals surface area contributed by atoms with Gasteiger partial charge in [0, 0.05) is 9.90 Å². The summed E-state index contributed by atoms with van der Waals surface area (Å²) in [5.74, 6) is 0. The Balaban J connectivity index is 2.81. The van der Waals surface area contributed by atoms with Crippen LogP contribution in [0.4, 0.5) is 0 Å². The molecule has 0 fully saturated rings. The number of hydrogen-bond acceptors (Lipinski definition) is 1. The van der Waals surface area contributed by atoms with Crippen LogP contribution in [0.25, 0.3) is 0 Å². The predicted octanol–water partition coefficient (Wildman–Crippen LogP) is 3.18. The fraction of sp³-hybridized carbons (Fsp3) is 0.444. The molecule has 1 aliphatic carbocycles. The van der Waals surface area contributed by atoms with Crippen LogP contribution in [-0.2, 0) is 4.79 Å². The van der Waals surface area contributed by atoms with Gasteiger partial charge >= 0.3 is 0 Å².